The fourth-order valence-corrected chi connectivity index (χ4v) is 4.66. The summed E-state index contributed by atoms with van der Waals surface area (Å²) in [6, 6.07) is 7.49. The highest BCUT2D eigenvalue weighted by Crippen LogP contribution is 2.40. The zero-order valence-electron chi connectivity index (χ0n) is 19.8. The van der Waals surface area contributed by atoms with Crippen molar-refractivity contribution < 1.29 is 23.0 Å². The molecule has 0 radical (unpaired) electrons. The summed E-state index contributed by atoms with van der Waals surface area (Å²) in [4.78, 5) is 11.2. The average molecular weight is 504 g/mol. The van der Waals surface area contributed by atoms with E-state index in [1.54, 1.807) is 24.4 Å². The van der Waals surface area contributed by atoms with Gasteiger partial charge in [0.05, 0.1) is 35.0 Å². The molecule has 1 fully saturated rings. The minimum absolute atomic E-state index is 0.0159. The predicted molar refractivity (Wildman–Crippen MR) is 129 cm³/mol. The quantitative estimate of drug-likeness (QED) is 0.364. The van der Waals surface area contributed by atoms with Gasteiger partial charge in [0, 0.05) is 43.5 Å². The number of hydrogen-bond donors (Lipinski definition) is 3. The Bertz CT molecular complexity index is 1250. The number of halogens is 3. The number of nitriles is 1. The van der Waals surface area contributed by atoms with Gasteiger partial charge in [0.25, 0.3) is 0 Å². The van der Waals surface area contributed by atoms with Crippen LogP contribution in [0, 0.1) is 11.3 Å². The lowest BCUT2D eigenvalue weighted by Gasteiger charge is -2.33. The highest BCUT2D eigenvalue weighted by molar-refractivity contribution is 6.76. The number of nitrogens with one attached hydrogen (secondary N) is 2. The highest BCUT2D eigenvalue weighted by Gasteiger charge is 2.39. The number of aliphatic hydroxyl groups is 1. The van der Waals surface area contributed by atoms with E-state index in [-0.39, 0.29) is 24.3 Å². The zero-order valence-corrected chi connectivity index (χ0v) is 20.8. The van der Waals surface area contributed by atoms with E-state index in [0.29, 0.717) is 34.9 Å². The van der Waals surface area contributed by atoms with Crippen LogP contribution in [0.5, 0.6) is 0 Å². The molecule has 1 aromatic carbocycles. The van der Waals surface area contributed by atoms with Crippen molar-refractivity contribution in [1.29, 1.82) is 5.26 Å². The van der Waals surface area contributed by atoms with E-state index in [2.05, 4.69) is 46.0 Å². The van der Waals surface area contributed by atoms with Crippen molar-refractivity contribution in [2.24, 2.45) is 0 Å². The van der Waals surface area contributed by atoms with E-state index in [1.165, 1.54) is 0 Å². The molecule has 0 saturated heterocycles. The van der Waals surface area contributed by atoms with Gasteiger partial charge >= 0.3 is 6.18 Å². The summed E-state index contributed by atoms with van der Waals surface area (Å²) in [5.74, 6) is 0.0159. The number of nitrogens with zero attached hydrogens (tertiary/aromatic N) is 3. The van der Waals surface area contributed by atoms with Crippen molar-refractivity contribution in [3.63, 3.8) is 0 Å². The summed E-state index contributed by atoms with van der Waals surface area (Å²) in [5.41, 5.74) is 0.295. The normalized spacial score (nSPS) is 19.3. The van der Waals surface area contributed by atoms with Gasteiger partial charge in [-0.15, -0.1) is 0 Å². The fourth-order valence-electron chi connectivity index (χ4n) is 3.93. The second-order valence-electron chi connectivity index (χ2n) is 10.1. The summed E-state index contributed by atoms with van der Waals surface area (Å²) in [6.45, 7) is 6.77. The molecule has 0 amide bonds. The first-order valence-corrected chi connectivity index (χ1v) is 15.2. The van der Waals surface area contributed by atoms with Crippen LogP contribution in [0.25, 0.3) is 10.9 Å². The van der Waals surface area contributed by atoms with Gasteiger partial charge in [-0.3, -0.25) is 0 Å². The third-order valence-electron chi connectivity index (χ3n) is 6.19. The second kappa shape index (κ2) is 9.60. The van der Waals surface area contributed by atoms with Crippen molar-refractivity contribution in [2.75, 3.05) is 11.9 Å². The first-order valence-electron chi connectivity index (χ1n) is 11.5. The molecule has 1 aliphatic carbocycles. The van der Waals surface area contributed by atoms with Crippen LogP contribution < -0.4 is 5.32 Å². The fraction of sp³-hybridized carbons (Fsp3) is 0.458. The number of benzene rings is 1. The molecule has 0 aliphatic heterocycles. The number of alkyl halides is 3. The summed E-state index contributed by atoms with van der Waals surface area (Å²) in [5, 5.41) is 22.7. The Morgan fingerprint density at radius 2 is 2.09 bits per heavy atom. The lowest BCUT2D eigenvalue weighted by molar-refractivity contribution is -0.139. The molecule has 1 saturated carbocycles. The Kier molecular flexibility index (Phi) is 6.90. The molecule has 2 heterocycles. The summed E-state index contributed by atoms with van der Waals surface area (Å²) in [7, 11) is -1.53. The van der Waals surface area contributed by atoms with Crippen LogP contribution >= 0.6 is 0 Å². The number of hydrogen-bond acceptors (Lipinski definition) is 6. The molecule has 11 heteroatoms. The van der Waals surface area contributed by atoms with Gasteiger partial charge in [-0.1, -0.05) is 25.7 Å². The molecule has 4 rings (SSSR count). The monoisotopic (exact) mass is 503 g/mol. The molecule has 35 heavy (non-hydrogen) atoms. The zero-order chi connectivity index (χ0) is 25.4. The van der Waals surface area contributed by atoms with Gasteiger partial charge in [0.1, 0.15) is 6.10 Å². The first-order chi connectivity index (χ1) is 16.5. The van der Waals surface area contributed by atoms with E-state index in [4.69, 9.17) is 4.74 Å². The molecule has 3 N–H and O–H groups in total. The minimum atomic E-state index is -4.69. The maximum absolute atomic E-state index is 14.1. The van der Waals surface area contributed by atoms with E-state index >= 15 is 0 Å². The van der Waals surface area contributed by atoms with Crippen LogP contribution in [-0.4, -0.2) is 46.9 Å². The van der Waals surface area contributed by atoms with Crippen molar-refractivity contribution in [3.8, 4) is 6.07 Å². The molecule has 3 aromatic rings. The summed E-state index contributed by atoms with van der Waals surface area (Å²) >= 11 is 0. The standard InChI is InChI=1S/C24H28F3N5O2Si/c1-35(2,3)9-8-34-22(16-12-29-19-10-14(11-28)4-5-15(16)19)21-17(24(25,26)27)13-30-23(32-21)31-18-6-7-20(18)33/h4-5,10,12-13,18,20,22,29,33H,6-9H2,1-3H3,(H,30,31,32). The molecule has 2 aromatic heterocycles. The smallest absolute Gasteiger partial charge is 0.391 e. The average Bonchev–Trinajstić information content (AvgIpc) is 3.20. The summed E-state index contributed by atoms with van der Waals surface area (Å²) in [6.07, 6.45) is -2.71. The van der Waals surface area contributed by atoms with Gasteiger partial charge in [-0.05, 0) is 31.0 Å². The van der Waals surface area contributed by atoms with E-state index in [9.17, 15) is 23.5 Å². The van der Waals surface area contributed by atoms with Crippen LogP contribution in [0.1, 0.15) is 41.3 Å². The van der Waals surface area contributed by atoms with E-state index in [1.807, 2.05) is 0 Å². The van der Waals surface area contributed by atoms with Crippen LogP contribution in [0.2, 0.25) is 25.7 Å². The number of aromatic nitrogens is 3. The van der Waals surface area contributed by atoms with Crippen molar-refractivity contribution in [1.82, 2.24) is 15.0 Å². The lowest BCUT2D eigenvalue weighted by Crippen LogP contribution is -2.43. The maximum atomic E-state index is 14.1. The Balaban J connectivity index is 1.80. The van der Waals surface area contributed by atoms with Crippen molar-refractivity contribution in [2.45, 2.75) is 63.0 Å². The molecule has 3 unspecified atom stereocenters. The number of anilines is 1. The molecule has 1 aliphatic rings. The van der Waals surface area contributed by atoms with Gasteiger partial charge in [0.15, 0.2) is 0 Å². The number of rotatable bonds is 8. The third-order valence-corrected chi connectivity index (χ3v) is 7.89. The number of ether oxygens (including phenoxy) is 1. The van der Waals surface area contributed by atoms with Crippen LogP contribution in [0.15, 0.2) is 30.6 Å². The van der Waals surface area contributed by atoms with Gasteiger partial charge < -0.3 is 20.1 Å². The minimum Gasteiger partial charge on any atom is -0.391 e. The van der Waals surface area contributed by atoms with E-state index < -0.39 is 32.0 Å². The molecule has 0 spiro atoms. The molecule has 7 nitrogen and oxygen atoms in total. The number of aromatic amines is 1. The number of aliphatic hydroxyl groups excluding tert-OH is 1. The Morgan fingerprint density at radius 3 is 2.69 bits per heavy atom. The Labute approximate surface area is 202 Å². The number of fused-ring (bicyclic) bond motifs is 1. The van der Waals surface area contributed by atoms with E-state index in [0.717, 1.165) is 12.2 Å². The Hall–Kier alpha value is -2.94. The maximum Gasteiger partial charge on any atom is 0.419 e. The van der Waals surface area contributed by atoms with Gasteiger partial charge in [-0.2, -0.15) is 18.4 Å². The predicted octanol–water partition coefficient (Wildman–Crippen LogP) is 5.23. The van der Waals surface area contributed by atoms with Crippen LogP contribution in [0.3, 0.4) is 0 Å². The van der Waals surface area contributed by atoms with Crippen LogP contribution in [-0.2, 0) is 10.9 Å². The van der Waals surface area contributed by atoms with Crippen molar-refractivity contribution >= 4 is 24.9 Å². The van der Waals surface area contributed by atoms with Gasteiger partial charge in [0.2, 0.25) is 5.95 Å². The molecule has 3 atom stereocenters. The lowest BCUT2D eigenvalue weighted by atomic mass is 9.89. The topological polar surface area (TPSA) is 107 Å². The van der Waals surface area contributed by atoms with Crippen LogP contribution in [0.4, 0.5) is 19.1 Å². The molecular formula is C24H28F3N5O2Si. The Morgan fingerprint density at radius 1 is 1.31 bits per heavy atom. The molecule has 0 bridgehead atoms. The highest BCUT2D eigenvalue weighted by atomic mass is 28.3. The number of H-pyrrole nitrogens is 1. The third kappa shape index (κ3) is 5.66. The van der Waals surface area contributed by atoms with Gasteiger partial charge in [-0.25, -0.2) is 9.97 Å². The second-order valence-corrected chi connectivity index (χ2v) is 15.7. The SMILES string of the molecule is C[Si](C)(C)CCOC(c1nc(NC2CCC2O)ncc1C(F)(F)F)c1c[nH]c2cc(C#N)ccc12. The summed E-state index contributed by atoms with van der Waals surface area (Å²) < 4.78 is 48.4. The van der Waals surface area contributed by atoms with Crippen molar-refractivity contribution in [3.05, 3.63) is 53.0 Å². The first kappa shape index (κ1) is 25.2. The molecule has 186 valence electrons. The molecular weight excluding hydrogens is 475 g/mol. The largest absolute Gasteiger partial charge is 0.419 e.